The van der Waals surface area contributed by atoms with E-state index in [1.807, 2.05) is 18.2 Å². The number of carbonyl (C=O) groups excluding carboxylic acids is 3. The van der Waals surface area contributed by atoms with Gasteiger partial charge in [0.25, 0.3) is 0 Å². The topological polar surface area (TPSA) is 54.5 Å². The van der Waals surface area contributed by atoms with Gasteiger partial charge in [-0.05, 0) is 59.5 Å². The number of anilines is 1. The molecule has 3 saturated carbocycles. The average Bonchev–Trinajstić information content (AvgIpc) is 2.73. The monoisotopic (exact) mass is 395 g/mol. The van der Waals surface area contributed by atoms with Gasteiger partial charge in [0.15, 0.2) is 0 Å². The van der Waals surface area contributed by atoms with E-state index < -0.39 is 5.92 Å². The van der Waals surface area contributed by atoms with Crippen LogP contribution in [-0.2, 0) is 14.4 Å². The van der Waals surface area contributed by atoms with Gasteiger partial charge in [0.05, 0.1) is 17.5 Å². The Morgan fingerprint density at radius 3 is 2.52 bits per heavy atom. The number of amides is 2. The third-order valence-corrected chi connectivity index (χ3v) is 5.80. The van der Waals surface area contributed by atoms with Crippen molar-refractivity contribution in [2.24, 2.45) is 23.7 Å². The number of nitrogens with zero attached hydrogens (tertiary/aromatic N) is 1. The van der Waals surface area contributed by atoms with Crippen LogP contribution in [0.1, 0.15) is 19.3 Å². The summed E-state index contributed by atoms with van der Waals surface area (Å²) in [6.07, 6.45) is 2.14. The summed E-state index contributed by atoms with van der Waals surface area (Å²) in [5.74, 6) is -0.940. The zero-order chi connectivity index (χ0) is 14.7. The van der Waals surface area contributed by atoms with Crippen molar-refractivity contribution >= 4 is 45.9 Å². The summed E-state index contributed by atoms with van der Waals surface area (Å²) in [7, 11) is 0. The van der Waals surface area contributed by atoms with Crippen molar-refractivity contribution < 1.29 is 14.4 Å². The second kappa shape index (κ2) is 4.63. The number of rotatable bonds is 1. The summed E-state index contributed by atoms with van der Waals surface area (Å²) in [5.41, 5.74) is 0.637. The summed E-state index contributed by atoms with van der Waals surface area (Å²) in [6, 6.07) is 7.41. The third-order valence-electron chi connectivity index (χ3n) is 5.13. The molecule has 1 saturated heterocycles. The van der Waals surface area contributed by atoms with Crippen LogP contribution in [0.5, 0.6) is 0 Å². The lowest BCUT2D eigenvalue weighted by molar-refractivity contribution is -0.143. The second-order valence-electron chi connectivity index (χ2n) is 6.16. The molecule has 5 heteroatoms. The first-order valence-corrected chi connectivity index (χ1v) is 8.32. The van der Waals surface area contributed by atoms with Crippen molar-refractivity contribution in [1.82, 2.24) is 0 Å². The first kappa shape index (κ1) is 13.4. The highest BCUT2D eigenvalue weighted by atomic mass is 127. The molecule has 4 atom stereocenters. The molecule has 4 aliphatic rings. The Bertz CT molecular complexity index is 671. The number of fused-ring (bicyclic) bond motifs is 2. The van der Waals surface area contributed by atoms with Crippen LogP contribution in [0.25, 0.3) is 0 Å². The van der Waals surface area contributed by atoms with Gasteiger partial charge in [-0.3, -0.25) is 14.4 Å². The van der Waals surface area contributed by atoms with Crippen LogP contribution in [0.2, 0.25) is 0 Å². The number of halogens is 1. The van der Waals surface area contributed by atoms with Crippen molar-refractivity contribution in [2.75, 3.05) is 4.90 Å². The number of imide groups is 1. The van der Waals surface area contributed by atoms with Gasteiger partial charge in [-0.15, -0.1) is 0 Å². The van der Waals surface area contributed by atoms with E-state index in [1.165, 1.54) is 4.90 Å². The number of carbonyl (C=O) groups is 3. The summed E-state index contributed by atoms with van der Waals surface area (Å²) in [4.78, 5) is 38.9. The Morgan fingerprint density at radius 1 is 1.05 bits per heavy atom. The molecule has 1 aliphatic heterocycles. The Labute approximate surface area is 136 Å². The molecule has 4 nitrogen and oxygen atoms in total. The smallest absolute Gasteiger partial charge is 0.238 e. The van der Waals surface area contributed by atoms with Crippen LogP contribution in [0.4, 0.5) is 5.69 Å². The Hall–Kier alpha value is -1.24. The van der Waals surface area contributed by atoms with Crippen molar-refractivity contribution in [3.8, 4) is 0 Å². The molecule has 21 heavy (non-hydrogen) atoms. The largest absolute Gasteiger partial charge is 0.299 e. The molecule has 4 fully saturated rings. The van der Waals surface area contributed by atoms with Crippen LogP contribution < -0.4 is 4.90 Å². The molecule has 0 unspecified atom stereocenters. The Kier molecular flexibility index (Phi) is 2.96. The van der Waals surface area contributed by atoms with Gasteiger partial charge in [0.2, 0.25) is 11.8 Å². The molecule has 1 aromatic rings. The molecule has 0 spiro atoms. The maximum atomic E-state index is 12.7. The van der Waals surface area contributed by atoms with Crippen molar-refractivity contribution in [1.29, 1.82) is 0 Å². The van der Waals surface area contributed by atoms with Gasteiger partial charge >= 0.3 is 0 Å². The maximum Gasteiger partial charge on any atom is 0.238 e. The molecular weight excluding hydrogens is 381 g/mol. The lowest BCUT2D eigenvalue weighted by atomic mass is 9.59. The average molecular weight is 395 g/mol. The first-order chi connectivity index (χ1) is 10.1. The van der Waals surface area contributed by atoms with Gasteiger partial charge in [0.1, 0.15) is 5.78 Å². The number of ketones is 1. The minimum absolute atomic E-state index is 0.0664. The Balaban J connectivity index is 1.77. The molecular formula is C16H14INO3. The highest BCUT2D eigenvalue weighted by molar-refractivity contribution is 14.1. The predicted octanol–water partition coefficient (Wildman–Crippen LogP) is 2.40. The molecule has 0 aromatic heterocycles. The molecule has 1 heterocycles. The second-order valence-corrected chi connectivity index (χ2v) is 7.40. The molecule has 0 radical (unpaired) electrons. The number of benzene rings is 1. The van der Waals surface area contributed by atoms with E-state index in [1.54, 1.807) is 6.07 Å². The van der Waals surface area contributed by atoms with E-state index in [0.717, 1.165) is 16.4 Å². The van der Waals surface area contributed by atoms with E-state index >= 15 is 0 Å². The summed E-state index contributed by atoms with van der Waals surface area (Å²) < 4.78 is 0.986. The summed E-state index contributed by atoms with van der Waals surface area (Å²) in [5, 5.41) is 0. The van der Waals surface area contributed by atoms with E-state index in [-0.39, 0.29) is 35.4 Å². The van der Waals surface area contributed by atoms with Gasteiger partial charge in [-0.1, -0.05) is 6.07 Å². The van der Waals surface area contributed by atoms with Gasteiger partial charge in [0, 0.05) is 15.9 Å². The van der Waals surface area contributed by atoms with Crippen molar-refractivity contribution in [2.45, 2.75) is 19.3 Å². The van der Waals surface area contributed by atoms with Gasteiger partial charge in [-0.25, -0.2) is 4.90 Å². The van der Waals surface area contributed by atoms with Crippen LogP contribution in [0.15, 0.2) is 24.3 Å². The SMILES string of the molecule is O=C1C[C@H]2CC[C@@H]1[C@H]1C(=O)N(c3cccc(I)c3)C(=O)[C@@H]21. The lowest BCUT2D eigenvalue weighted by Gasteiger charge is -2.41. The quantitative estimate of drug-likeness (QED) is 0.542. The molecule has 1 aromatic carbocycles. The number of Topliss-reactive ketones (excluding diaryl/α,β-unsaturated/α-hetero) is 1. The van der Waals surface area contributed by atoms with E-state index in [4.69, 9.17) is 0 Å². The van der Waals surface area contributed by atoms with E-state index in [2.05, 4.69) is 22.6 Å². The van der Waals surface area contributed by atoms with Gasteiger partial charge < -0.3 is 0 Å². The lowest BCUT2D eigenvalue weighted by Crippen LogP contribution is -2.46. The molecule has 3 aliphatic carbocycles. The predicted molar refractivity (Wildman–Crippen MR) is 84.5 cm³/mol. The third kappa shape index (κ3) is 1.82. The fraction of sp³-hybridized carbons (Fsp3) is 0.438. The van der Waals surface area contributed by atoms with Gasteiger partial charge in [-0.2, -0.15) is 0 Å². The van der Waals surface area contributed by atoms with Crippen LogP contribution in [0.3, 0.4) is 0 Å². The fourth-order valence-electron chi connectivity index (χ4n) is 4.25. The fourth-order valence-corrected chi connectivity index (χ4v) is 4.78. The molecule has 2 amide bonds. The minimum atomic E-state index is -0.407. The molecule has 2 bridgehead atoms. The van der Waals surface area contributed by atoms with E-state index in [9.17, 15) is 14.4 Å². The molecule has 108 valence electrons. The first-order valence-electron chi connectivity index (χ1n) is 7.24. The van der Waals surface area contributed by atoms with Crippen LogP contribution in [-0.4, -0.2) is 17.6 Å². The van der Waals surface area contributed by atoms with Crippen molar-refractivity contribution in [3.05, 3.63) is 27.8 Å². The normalized spacial score (nSPS) is 34.5. The molecule has 5 rings (SSSR count). The number of hydrogen-bond donors (Lipinski definition) is 0. The van der Waals surface area contributed by atoms with Crippen LogP contribution >= 0.6 is 22.6 Å². The van der Waals surface area contributed by atoms with Crippen LogP contribution in [0, 0.1) is 27.2 Å². The zero-order valence-corrected chi connectivity index (χ0v) is 13.4. The van der Waals surface area contributed by atoms with E-state index in [0.29, 0.717) is 12.1 Å². The summed E-state index contributed by atoms with van der Waals surface area (Å²) >= 11 is 2.17. The highest BCUT2D eigenvalue weighted by Crippen LogP contribution is 2.52. The van der Waals surface area contributed by atoms with Crippen molar-refractivity contribution in [3.63, 3.8) is 0 Å². The summed E-state index contributed by atoms with van der Waals surface area (Å²) in [6.45, 7) is 0. The highest BCUT2D eigenvalue weighted by Gasteiger charge is 2.60. The number of hydrogen-bond acceptors (Lipinski definition) is 3. The Morgan fingerprint density at radius 2 is 1.81 bits per heavy atom. The standard InChI is InChI=1S/C16H14INO3/c17-9-2-1-3-10(7-9)18-15(20)13-8-4-5-11(12(19)6-8)14(13)16(18)21/h1-3,7-8,11,13-14H,4-6H2/t8-,11+,13+,14-/m1/s1. The minimum Gasteiger partial charge on any atom is -0.299 e. The molecule has 0 N–H and O–H groups in total. The zero-order valence-electron chi connectivity index (χ0n) is 11.3. The maximum absolute atomic E-state index is 12.7.